The summed E-state index contributed by atoms with van der Waals surface area (Å²) in [6.07, 6.45) is 1.59. The van der Waals surface area contributed by atoms with Gasteiger partial charge in [0.2, 0.25) is 0 Å². The van der Waals surface area contributed by atoms with E-state index in [0.29, 0.717) is 23.3 Å². The molecular formula is C13H16Cl2N4O. The lowest BCUT2D eigenvalue weighted by Crippen LogP contribution is -2.55. The first-order valence-electron chi connectivity index (χ1n) is 6.22. The van der Waals surface area contributed by atoms with E-state index in [0.717, 1.165) is 18.8 Å². The van der Waals surface area contributed by atoms with Crippen molar-refractivity contribution < 1.29 is 0 Å². The Kier molecular flexibility index (Phi) is 4.65. The maximum atomic E-state index is 12.0. The molecule has 1 aliphatic heterocycles. The van der Waals surface area contributed by atoms with Gasteiger partial charge in [-0.3, -0.25) is 14.1 Å². The van der Waals surface area contributed by atoms with Gasteiger partial charge in [-0.2, -0.15) is 0 Å². The molecule has 1 saturated heterocycles. The summed E-state index contributed by atoms with van der Waals surface area (Å²) in [7, 11) is 2.05. The molecule has 5 nitrogen and oxygen atoms in total. The molecule has 0 unspecified atom stereocenters. The Morgan fingerprint density at radius 1 is 1.50 bits per heavy atom. The third-order valence-corrected chi connectivity index (χ3v) is 3.69. The fraction of sp³-hybridized carbons (Fsp3) is 0.385. The van der Waals surface area contributed by atoms with Crippen LogP contribution in [0.4, 0.5) is 0 Å². The van der Waals surface area contributed by atoms with Gasteiger partial charge in [-0.1, -0.05) is 11.6 Å². The molecule has 1 fully saturated rings. The standard InChI is InChI=1S/C13H15ClN4O.ClH/c1-17(11-5-15-6-11)8-10-4-13(19)18-7-9(14)2-3-12(18)16-10;/h2-4,7,11,15H,5-6,8H2,1H3;1H. The van der Waals surface area contributed by atoms with Crippen LogP contribution < -0.4 is 10.9 Å². The molecule has 1 aliphatic rings. The van der Waals surface area contributed by atoms with E-state index in [1.54, 1.807) is 24.4 Å². The smallest absolute Gasteiger partial charge is 0.258 e. The quantitative estimate of drug-likeness (QED) is 0.924. The first-order chi connectivity index (χ1) is 9.13. The van der Waals surface area contributed by atoms with E-state index in [1.807, 2.05) is 0 Å². The molecule has 20 heavy (non-hydrogen) atoms. The zero-order valence-corrected chi connectivity index (χ0v) is 12.6. The third-order valence-electron chi connectivity index (χ3n) is 3.47. The minimum Gasteiger partial charge on any atom is -0.314 e. The summed E-state index contributed by atoms with van der Waals surface area (Å²) in [5, 5.41) is 3.76. The lowest BCUT2D eigenvalue weighted by atomic mass is 10.1. The maximum Gasteiger partial charge on any atom is 0.258 e. The van der Waals surface area contributed by atoms with Gasteiger partial charge >= 0.3 is 0 Å². The SMILES string of the molecule is CN(Cc1cc(=O)n2cc(Cl)ccc2n1)C1CNC1.Cl. The van der Waals surface area contributed by atoms with Gasteiger partial charge in [0.1, 0.15) is 5.65 Å². The van der Waals surface area contributed by atoms with Crippen LogP contribution in [0.1, 0.15) is 5.69 Å². The van der Waals surface area contributed by atoms with E-state index in [4.69, 9.17) is 11.6 Å². The van der Waals surface area contributed by atoms with Gasteiger partial charge in [-0.25, -0.2) is 4.98 Å². The summed E-state index contributed by atoms with van der Waals surface area (Å²) in [5.74, 6) is 0. The zero-order chi connectivity index (χ0) is 13.4. The summed E-state index contributed by atoms with van der Waals surface area (Å²) in [5.41, 5.74) is 1.33. The van der Waals surface area contributed by atoms with Crippen molar-refractivity contribution >= 4 is 29.7 Å². The summed E-state index contributed by atoms with van der Waals surface area (Å²) >= 11 is 5.88. The summed E-state index contributed by atoms with van der Waals surface area (Å²) in [6, 6.07) is 5.61. The number of aromatic nitrogens is 2. The molecular weight excluding hydrogens is 299 g/mol. The number of likely N-dealkylation sites (N-methyl/N-ethyl adjacent to an activating group) is 1. The van der Waals surface area contributed by atoms with E-state index in [2.05, 4.69) is 22.2 Å². The Labute approximate surface area is 128 Å². The number of rotatable bonds is 3. The number of nitrogens with one attached hydrogen (secondary N) is 1. The Bertz CT molecular complexity index is 669. The van der Waals surface area contributed by atoms with E-state index in [1.165, 1.54) is 4.40 Å². The zero-order valence-electron chi connectivity index (χ0n) is 11.0. The van der Waals surface area contributed by atoms with Crippen LogP contribution in [-0.2, 0) is 6.54 Å². The first kappa shape index (κ1) is 15.3. The van der Waals surface area contributed by atoms with Crippen LogP contribution in [0.15, 0.2) is 29.2 Å². The van der Waals surface area contributed by atoms with Gasteiger partial charge in [0.15, 0.2) is 0 Å². The average molecular weight is 315 g/mol. The Balaban J connectivity index is 0.00000147. The second kappa shape index (κ2) is 6.10. The minimum absolute atomic E-state index is 0. The summed E-state index contributed by atoms with van der Waals surface area (Å²) < 4.78 is 1.47. The summed E-state index contributed by atoms with van der Waals surface area (Å²) in [6.45, 7) is 2.68. The predicted molar refractivity (Wildman–Crippen MR) is 81.8 cm³/mol. The molecule has 0 aromatic carbocycles. The molecule has 0 bridgehead atoms. The van der Waals surface area contributed by atoms with Crippen molar-refractivity contribution in [1.29, 1.82) is 0 Å². The van der Waals surface area contributed by atoms with Gasteiger partial charge in [0.05, 0.1) is 10.7 Å². The number of hydrogen-bond acceptors (Lipinski definition) is 4. The normalized spacial score (nSPS) is 15.2. The van der Waals surface area contributed by atoms with Crippen molar-refractivity contribution in [3.8, 4) is 0 Å². The monoisotopic (exact) mass is 314 g/mol. The van der Waals surface area contributed by atoms with Crippen LogP contribution in [0.25, 0.3) is 5.65 Å². The van der Waals surface area contributed by atoms with Gasteiger partial charge in [-0.15, -0.1) is 12.4 Å². The van der Waals surface area contributed by atoms with Crippen LogP contribution in [0.3, 0.4) is 0 Å². The van der Waals surface area contributed by atoms with Crippen molar-refractivity contribution in [3.63, 3.8) is 0 Å². The minimum atomic E-state index is -0.0948. The molecule has 0 atom stereocenters. The van der Waals surface area contributed by atoms with Crippen LogP contribution in [0, 0.1) is 0 Å². The largest absolute Gasteiger partial charge is 0.314 e. The van der Waals surface area contributed by atoms with Crippen LogP contribution in [-0.4, -0.2) is 40.5 Å². The van der Waals surface area contributed by atoms with Crippen molar-refractivity contribution in [2.75, 3.05) is 20.1 Å². The summed E-state index contributed by atoms with van der Waals surface area (Å²) in [4.78, 5) is 18.7. The van der Waals surface area contributed by atoms with E-state index >= 15 is 0 Å². The predicted octanol–water partition coefficient (Wildman–Crippen LogP) is 1.17. The Hall–Kier alpha value is -1.14. The molecule has 3 rings (SSSR count). The highest BCUT2D eigenvalue weighted by molar-refractivity contribution is 6.30. The number of fused-ring (bicyclic) bond motifs is 1. The number of halogens is 2. The van der Waals surface area contributed by atoms with Gasteiger partial charge in [0.25, 0.3) is 5.56 Å². The van der Waals surface area contributed by atoms with E-state index in [9.17, 15) is 4.79 Å². The molecule has 2 aromatic rings. The van der Waals surface area contributed by atoms with Crippen LogP contribution >= 0.6 is 24.0 Å². The van der Waals surface area contributed by atoms with Crippen LogP contribution in [0.2, 0.25) is 5.02 Å². The second-order valence-corrected chi connectivity index (χ2v) is 5.32. The molecule has 3 heterocycles. The van der Waals surface area contributed by atoms with Crippen LogP contribution in [0.5, 0.6) is 0 Å². The van der Waals surface area contributed by atoms with Gasteiger partial charge < -0.3 is 5.32 Å². The highest BCUT2D eigenvalue weighted by Gasteiger charge is 2.21. The van der Waals surface area contributed by atoms with Crippen molar-refractivity contribution in [1.82, 2.24) is 19.6 Å². The third kappa shape index (κ3) is 2.96. The second-order valence-electron chi connectivity index (χ2n) is 4.89. The number of nitrogens with zero attached hydrogens (tertiary/aromatic N) is 3. The van der Waals surface area contributed by atoms with Gasteiger partial charge in [-0.05, 0) is 19.2 Å². The molecule has 0 radical (unpaired) electrons. The van der Waals surface area contributed by atoms with E-state index in [-0.39, 0.29) is 18.0 Å². The molecule has 0 spiro atoms. The van der Waals surface area contributed by atoms with Crippen molar-refractivity contribution in [2.45, 2.75) is 12.6 Å². The molecule has 108 valence electrons. The first-order valence-corrected chi connectivity index (χ1v) is 6.60. The molecule has 2 aromatic heterocycles. The van der Waals surface area contributed by atoms with E-state index < -0.39 is 0 Å². The number of pyridine rings is 1. The molecule has 0 aliphatic carbocycles. The Morgan fingerprint density at radius 3 is 2.90 bits per heavy atom. The molecule has 7 heteroatoms. The number of hydrogen-bond donors (Lipinski definition) is 1. The topological polar surface area (TPSA) is 49.6 Å². The highest BCUT2D eigenvalue weighted by Crippen LogP contribution is 2.10. The van der Waals surface area contributed by atoms with Gasteiger partial charge in [0, 0.05) is 37.9 Å². The molecule has 0 saturated carbocycles. The fourth-order valence-electron chi connectivity index (χ4n) is 2.18. The fourth-order valence-corrected chi connectivity index (χ4v) is 2.34. The van der Waals surface area contributed by atoms with Crippen molar-refractivity contribution in [2.24, 2.45) is 0 Å². The maximum absolute atomic E-state index is 12.0. The van der Waals surface area contributed by atoms with Crippen molar-refractivity contribution in [3.05, 3.63) is 45.5 Å². The molecule has 1 N–H and O–H groups in total. The Morgan fingerprint density at radius 2 is 2.25 bits per heavy atom. The lowest BCUT2D eigenvalue weighted by Gasteiger charge is -2.35. The highest BCUT2D eigenvalue weighted by atomic mass is 35.5. The lowest BCUT2D eigenvalue weighted by molar-refractivity contribution is 0.171. The molecule has 0 amide bonds. The average Bonchev–Trinajstić information content (AvgIpc) is 2.28.